The van der Waals surface area contributed by atoms with Crippen LogP contribution < -0.4 is 0 Å². The van der Waals surface area contributed by atoms with Crippen molar-refractivity contribution in [3.05, 3.63) is 24.3 Å². The molecule has 0 atom stereocenters. The third-order valence-corrected chi connectivity index (χ3v) is 5.21. The third kappa shape index (κ3) is 10.0. The average Bonchev–Trinajstić information content (AvgIpc) is 2.14. The minimum absolute atomic E-state index is 1.11. The second-order valence-electron chi connectivity index (χ2n) is 5.85. The van der Waals surface area contributed by atoms with E-state index in [1.54, 1.807) is 0 Å². The van der Waals surface area contributed by atoms with Gasteiger partial charge in [0.15, 0.2) is 0 Å². The van der Waals surface area contributed by atoms with E-state index in [2.05, 4.69) is 75.1 Å². The molecule has 2 heteroatoms. The first-order chi connectivity index (χ1) is 7.27. The normalized spacial score (nSPS) is 13.1. The molecule has 0 amide bonds. The van der Waals surface area contributed by atoms with Crippen LogP contribution >= 0.6 is 0 Å². The fourth-order valence-corrected chi connectivity index (χ4v) is 4.74. The lowest BCUT2D eigenvalue weighted by Gasteiger charge is -2.13. The molecular formula is C14H26Si2. The van der Waals surface area contributed by atoms with Gasteiger partial charge in [-0.05, 0) is 12.5 Å². The van der Waals surface area contributed by atoms with Gasteiger partial charge < -0.3 is 0 Å². The Balaban J connectivity index is 4.29. The Morgan fingerprint density at radius 3 is 1.94 bits per heavy atom. The summed E-state index contributed by atoms with van der Waals surface area (Å²) >= 11 is 0. The Morgan fingerprint density at radius 1 is 0.875 bits per heavy atom. The number of hydrogen-bond acceptors (Lipinski definition) is 0. The number of hydrogen-bond donors (Lipinski definition) is 0. The van der Waals surface area contributed by atoms with Gasteiger partial charge in [0.1, 0.15) is 16.1 Å². The largest absolute Gasteiger partial charge is 0.139 e. The van der Waals surface area contributed by atoms with E-state index in [1.165, 1.54) is 6.04 Å². The molecule has 0 saturated heterocycles. The van der Waals surface area contributed by atoms with Crippen molar-refractivity contribution in [2.75, 3.05) is 0 Å². The number of allylic oxidation sites excluding steroid dienone is 4. The molecule has 0 saturated carbocycles. The molecule has 16 heavy (non-hydrogen) atoms. The molecule has 0 N–H and O–H groups in total. The Bertz CT molecular complexity index is 306. The Hall–Kier alpha value is -0.526. The molecule has 0 heterocycles. The summed E-state index contributed by atoms with van der Waals surface area (Å²) in [7, 11) is -2.51. The number of rotatable bonds is 4. The van der Waals surface area contributed by atoms with E-state index in [9.17, 15) is 0 Å². The second kappa shape index (κ2) is 6.93. The molecule has 0 fully saturated rings. The predicted molar refractivity (Wildman–Crippen MR) is 82.0 cm³/mol. The zero-order valence-corrected chi connectivity index (χ0v) is 13.7. The minimum atomic E-state index is -1.32. The predicted octanol–water partition coefficient (Wildman–Crippen LogP) is 4.64. The maximum atomic E-state index is 3.57. The minimum Gasteiger partial charge on any atom is -0.139 e. The van der Waals surface area contributed by atoms with Crippen LogP contribution in [0.25, 0.3) is 0 Å². The first kappa shape index (κ1) is 15.5. The molecule has 0 nitrogen and oxygen atoms in total. The van der Waals surface area contributed by atoms with Crippen molar-refractivity contribution in [2.24, 2.45) is 0 Å². The maximum absolute atomic E-state index is 3.57. The molecule has 0 aliphatic carbocycles. The molecule has 0 radical (unpaired) electrons. The van der Waals surface area contributed by atoms with Gasteiger partial charge in [0.2, 0.25) is 0 Å². The van der Waals surface area contributed by atoms with E-state index in [4.69, 9.17) is 0 Å². The van der Waals surface area contributed by atoms with Crippen molar-refractivity contribution in [2.45, 2.75) is 52.1 Å². The van der Waals surface area contributed by atoms with Gasteiger partial charge in [0, 0.05) is 0 Å². The smallest absolute Gasteiger partial charge is 0.135 e. The SMILES string of the molecule is CCC=CC=CC[Si](C)(C)C#C[Si](C)(C)C. The maximum Gasteiger partial charge on any atom is 0.135 e. The summed E-state index contributed by atoms with van der Waals surface area (Å²) in [5.41, 5.74) is 7.08. The first-order valence-corrected chi connectivity index (χ1v) is 12.8. The van der Waals surface area contributed by atoms with Gasteiger partial charge in [-0.3, -0.25) is 0 Å². The summed E-state index contributed by atoms with van der Waals surface area (Å²) in [6.07, 6.45) is 9.86. The zero-order chi connectivity index (χ0) is 12.7. The molecule has 0 spiro atoms. The monoisotopic (exact) mass is 250 g/mol. The lowest BCUT2D eigenvalue weighted by Crippen LogP contribution is -2.25. The summed E-state index contributed by atoms with van der Waals surface area (Å²) in [5.74, 6) is 0. The zero-order valence-electron chi connectivity index (χ0n) is 11.7. The van der Waals surface area contributed by atoms with Gasteiger partial charge in [0.05, 0.1) is 0 Å². The van der Waals surface area contributed by atoms with Crippen molar-refractivity contribution in [3.8, 4) is 11.1 Å². The van der Waals surface area contributed by atoms with Crippen molar-refractivity contribution >= 4 is 16.1 Å². The van der Waals surface area contributed by atoms with Gasteiger partial charge in [-0.15, -0.1) is 11.1 Å². The summed E-state index contributed by atoms with van der Waals surface area (Å²) in [4.78, 5) is 0. The Labute approximate surface area is 104 Å². The van der Waals surface area contributed by atoms with Gasteiger partial charge in [0.25, 0.3) is 0 Å². The highest BCUT2D eigenvalue weighted by Crippen LogP contribution is 2.09. The summed E-state index contributed by atoms with van der Waals surface area (Å²) in [6.45, 7) is 13.8. The van der Waals surface area contributed by atoms with Crippen LogP contribution in [0, 0.1) is 11.1 Å². The molecule has 0 aliphatic rings. The van der Waals surface area contributed by atoms with E-state index in [0.29, 0.717) is 0 Å². The van der Waals surface area contributed by atoms with Crippen molar-refractivity contribution in [1.29, 1.82) is 0 Å². The lowest BCUT2D eigenvalue weighted by molar-refractivity contribution is 1.22. The van der Waals surface area contributed by atoms with Crippen molar-refractivity contribution in [1.82, 2.24) is 0 Å². The molecule has 90 valence electrons. The van der Waals surface area contributed by atoms with Crippen molar-refractivity contribution in [3.63, 3.8) is 0 Å². The van der Waals surface area contributed by atoms with Crippen LogP contribution in [-0.2, 0) is 0 Å². The van der Waals surface area contributed by atoms with E-state index < -0.39 is 16.1 Å². The highest BCUT2D eigenvalue weighted by Gasteiger charge is 2.17. The van der Waals surface area contributed by atoms with Crippen LogP contribution in [0.5, 0.6) is 0 Å². The standard InChI is InChI=1S/C14H26Si2/c1-7-8-9-10-11-12-16(5,6)14-13-15(2,3)4/h8-11H,7,12H2,1-6H3. The third-order valence-electron chi connectivity index (χ3n) is 2.02. The quantitative estimate of drug-likeness (QED) is 0.387. The molecule has 0 aliphatic heterocycles. The van der Waals surface area contributed by atoms with Crippen LogP contribution in [0.2, 0.25) is 38.8 Å². The molecular weight excluding hydrogens is 224 g/mol. The van der Waals surface area contributed by atoms with E-state index in [-0.39, 0.29) is 0 Å². The van der Waals surface area contributed by atoms with Crippen molar-refractivity contribution < 1.29 is 0 Å². The lowest BCUT2D eigenvalue weighted by atomic mass is 10.4. The topological polar surface area (TPSA) is 0 Å². The molecule has 0 rings (SSSR count). The fraction of sp³-hybridized carbons (Fsp3) is 0.571. The van der Waals surface area contributed by atoms with Gasteiger partial charge >= 0.3 is 0 Å². The van der Waals surface area contributed by atoms with E-state index >= 15 is 0 Å². The molecule has 0 aromatic rings. The van der Waals surface area contributed by atoms with Gasteiger partial charge in [-0.25, -0.2) is 0 Å². The van der Waals surface area contributed by atoms with E-state index in [0.717, 1.165) is 6.42 Å². The molecule has 0 unspecified atom stereocenters. The fourth-order valence-electron chi connectivity index (χ4n) is 1.06. The van der Waals surface area contributed by atoms with Crippen LogP contribution in [0.4, 0.5) is 0 Å². The Morgan fingerprint density at radius 2 is 1.44 bits per heavy atom. The first-order valence-electron chi connectivity index (χ1n) is 6.13. The van der Waals surface area contributed by atoms with Gasteiger partial charge in [-0.2, -0.15) is 0 Å². The summed E-state index contributed by atoms with van der Waals surface area (Å²) < 4.78 is 0. The highest BCUT2D eigenvalue weighted by molar-refractivity contribution is 6.90. The molecule has 0 aromatic carbocycles. The van der Waals surface area contributed by atoms with E-state index in [1.807, 2.05) is 0 Å². The second-order valence-corrected chi connectivity index (χ2v) is 15.0. The average molecular weight is 251 g/mol. The summed E-state index contributed by atoms with van der Waals surface area (Å²) in [6, 6.07) is 1.17. The molecule has 0 aromatic heterocycles. The molecule has 0 bridgehead atoms. The van der Waals surface area contributed by atoms with Crippen LogP contribution in [0.3, 0.4) is 0 Å². The van der Waals surface area contributed by atoms with Crippen LogP contribution in [0.15, 0.2) is 24.3 Å². The highest BCUT2D eigenvalue weighted by atomic mass is 28.3. The Kier molecular flexibility index (Phi) is 6.70. The van der Waals surface area contributed by atoms with Crippen LogP contribution in [-0.4, -0.2) is 16.1 Å². The van der Waals surface area contributed by atoms with Crippen LogP contribution in [0.1, 0.15) is 13.3 Å². The summed E-state index contributed by atoms with van der Waals surface area (Å²) in [5, 5.41) is 0. The van der Waals surface area contributed by atoms with Gasteiger partial charge in [-0.1, -0.05) is 64.0 Å².